The van der Waals surface area contributed by atoms with Crippen LogP contribution in [0.25, 0.3) is 0 Å². The zero-order chi connectivity index (χ0) is 10.3. The second-order valence-electron chi connectivity index (χ2n) is 6.41. The van der Waals surface area contributed by atoms with Crippen molar-refractivity contribution in [2.24, 2.45) is 23.2 Å². The molecule has 0 amide bonds. The molecule has 2 saturated carbocycles. The molecular formula is C14H25N. The molecule has 3 rings (SSSR count). The smallest absolute Gasteiger partial charge is 0.00178 e. The van der Waals surface area contributed by atoms with Crippen molar-refractivity contribution in [1.82, 2.24) is 5.32 Å². The van der Waals surface area contributed by atoms with Gasteiger partial charge in [-0.05, 0) is 68.4 Å². The summed E-state index contributed by atoms with van der Waals surface area (Å²) in [6.07, 6.45) is 10.7. The first-order chi connectivity index (χ1) is 7.30. The quantitative estimate of drug-likeness (QED) is 0.696. The second kappa shape index (κ2) is 3.76. The van der Waals surface area contributed by atoms with E-state index in [2.05, 4.69) is 12.2 Å². The van der Waals surface area contributed by atoms with Gasteiger partial charge in [0, 0.05) is 0 Å². The van der Waals surface area contributed by atoms with E-state index in [-0.39, 0.29) is 0 Å². The Bertz CT molecular complexity index is 229. The minimum absolute atomic E-state index is 0.747. The number of hydrogen-bond donors (Lipinski definition) is 1. The van der Waals surface area contributed by atoms with Gasteiger partial charge in [0.25, 0.3) is 0 Å². The van der Waals surface area contributed by atoms with Gasteiger partial charge >= 0.3 is 0 Å². The van der Waals surface area contributed by atoms with Crippen molar-refractivity contribution in [1.29, 1.82) is 0 Å². The monoisotopic (exact) mass is 207 g/mol. The molecule has 1 nitrogen and oxygen atoms in total. The molecule has 86 valence electrons. The average molecular weight is 207 g/mol. The Hall–Kier alpha value is -0.0400. The van der Waals surface area contributed by atoms with E-state index in [4.69, 9.17) is 0 Å². The molecule has 1 N–H and O–H groups in total. The Labute approximate surface area is 94.0 Å². The third-order valence-electron chi connectivity index (χ3n) is 5.50. The standard InChI is InChI=1S/C14H25N/c1-11-10-15-8-7-14(11)6-2-3-13(9-14)12-4-5-12/h11-13,15H,2-10H2,1H3. The maximum Gasteiger partial charge on any atom is -0.00178 e. The van der Waals surface area contributed by atoms with Crippen LogP contribution in [-0.2, 0) is 0 Å². The lowest BCUT2D eigenvalue weighted by atomic mass is 9.60. The molecular weight excluding hydrogens is 182 g/mol. The molecule has 0 bridgehead atoms. The van der Waals surface area contributed by atoms with Crippen LogP contribution in [0.5, 0.6) is 0 Å². The van der Waals surface area contributed by atoms with Gasteiger partial charge in [-0.2, -0.15) is 0 Å². The van der Waals surface area contributed by atoms with Crippen molar-refractivity contribution in [3.8, 4) is 0 Å². The highest BCUT2D eigenvalue weighted by atomic mass is 14.9. The fraction of sp³-hybridized carbons (Fsp3) is 1.00. The summed E-state index contributed by atoms with van der Waals surface area (Å²) < 4.78 is 0. The summed E-state index contributed by atoms with van der Waals surface area (Å²) >= 11 is 0. The van der Waals surface area contributed by atoms with Crippen molar-refractivity contribution >= 4 is 0 Å². The van der Waals surface area contributed by atoms with Crippen LogP contribution in [-0.4, -0.2) is 13.1 Å². The summed E-state index contributed by atoms with van der Waals surface area (Å²) in [6.45, 7) is 5.04. The molecule has 0 aromatic heterocycles. The molecule has 1 heterocycles. The predicted octanol–water partition coefficient (Wildman–Crippen LogP) is 3.20. The Balaban J connectivity index is 1.71. The summed E-state index contributed by atoms with van der Waals surface area (Å²) in [5.41, 5.74) is 0.747. The zero-order valence-electron chi connectivity index (χ0n) is 10.1. The van der Waals surface area contributed by atoms with Gasteiger partial charge in [0.2, 0.25) is 0 Å². The predicted molar refractivity (Wildman–Crippen MR) is 63.8 cm³/mol. The lowest BCUT2D eigenvalue weighted by Gasteiger charge is -2.48. The van der Waals surface area contributed by atoms with E-state index in [1.165, 1.54) is 32.4 Å². The first-order valence-electron chi connectivity index (χ1n) is 7.01. The molecule has 1 aliphatic heterocycles. The maximum absolute atomic E-state index is 3.57. The van der Waals surface area contributed by atoms with E-state index in [1.807, 2.05) is 0 Å². The van der Waals surface area contributed by atoms with Crippen LogP contribution in [0.3, 0.4) is 0 Å². The van der Waals surface area contributed by atoms with Crippen LogP contribution in [0.15, 0.2) is 0 Å². The van der Waals surface area contributed by atoms with Gasteiger partial charge in [0.05, 0.1) is 0 Å². The zero-order valence-corrected chi connectivity index (χ0v) is 10.1. The summed E-state index contributed by atoms with van der Waals surface area (Å²) in [6, 6.07) is 0. The van der Waals surface area contributed by atoms with Gasteiger partial charge < -0.3 is 5.32 Å². The van der Waals surface area contributed by atoms with Crippen LogP contribution in [0, 0.1) is 23.2 Å². The summed E-state index contributed by atoms with van der Waals surface area (Å²) in [4.78, 5) is 0. The van der Waals surface area contributed by atoms with Crippen molar-refractivity contribution in [3.05, 3.63) is 0 Å². The number of rotatable bonds is 1. The minimum Gasteiger partial charge on any atom is -0.316 e. The number of piperidine rings is 1. The van der Waals surface area contributed by atoms with Crippen LogP contribution in [0.4, 0.5) is 0 Å². The van der Waals surface area contributed by atoms with E-state index in [1.54, 1.807) is 25.7 Å². The van der Waals surface area contributed by atoms with Crippen LogP contribution in [0.2, 0.25) is 0 Å². The Kier molecular flexibility index (Phi) is 2.54. The molecule has 0 radical (unpaired) electrons. The molecule has 1 spiro atoms. The lowest BCUT2D eigenvalue weighted by molar-refractivity contribution is 0.0358. The number of nitrogens with one attached hydrogen (secondary N) is 1. The molecule has 0 aromatic rings. The van der Waals surface area contributed by atoms with E-state index < -0.39 is 0 Å². The molecule has 3 atom stereocenters. The molecule has 3 unspecified atom stereocenters. The van der Waals surface area contributed by atoms with Gasteiger partial charge in [0.1, 0.15) is 0 Å². The highest BCUT2D eigenvalue weighted by Crippen LogP contribution is 2.54. The summed E-state index contributed by atoms with van der Waals surface area (Å²) in [5, 5.41) is 3.57. The fourth-order valence-electron chi connectivity index (χ4n) is 4.21. The molecule has 2 aliphatic carbocycles. The van der Waals surface area contributed by atoms with Crippen LogP contribution < -0.4 is 5.32 Å². The van der Waals surface area contributed by atoms with Crippen molar-refractivity contribution in [2.45, 2.75) is 51.9 Å². The lowest BCUT2D eigenvalue weighted by Crippen LogP contribution is -2.46. The summed E-state index contributed by atoms with van der Waals surface area (Å²) in [5.74, 6) is 3.18. The van der Waals surface area contributed by atoms with Crippen LogP contribution in [0.1, 0.15) is 51.9 Å². The van der Waals surface area contributed by atoms with Crippen molar-refractivity contribution in [3.63, 3.8) is 0 Å². The van der Waals surface area contributed by atoms with Gasteiger partial charge in [-0.3, -0.25) is 0 Å². The topological polar surface area (TPSA) is 12.0 Å². The van der Waals surface area contributed by atoms with E-state index in [0.29, 0.717) is 0 Å². The number of hydrogen-bond acceptors (Lipinski definition) is 1. The molecule has 3 aliphatic rings. The Morgan fingerprint density at radius 1 is 1.07 bits per heavy atom. The largest absolute Gasteiger partial charge is 0.316 e. The average Bonchev–Trinajstić information content (AvgIpc) is 3.07. The van der Waals surface area contributed by atoms with Gasteiger partial charge in [0.15, 0.2) is 0 Å². The second-order valence-corrected chi connectivity index (χ2v) is 6.41. The fourth-order valence-corrected chi connectivity index (χ4v) is 4.21. The van der Waals surface area contributed by atoms with Crippen molar-refractivity contribution in [2.75, 3.05) is 13.1 Å². The first-order valence-corrected chi connectivity index (χ1v) is 7.01. The van der Waals surface area contributed by atoms with Gasteiger partial charge in [-0.15, -0.1) is 0 Å². The van der Waals surface area contributed by atoms with E-state index >= 15 is 0 Å². The SMILES string of the molecule is CC1CNCCC12CCCC(C1CC1)C2. The molecule has 1 saturated heterocycles. The third kappa shape index (κ3) is 1.84. The molecule has 15 heavy (non-hydrogen) atoms. The maximum atomic E-state index is 3.57. The van der Waals surface area contributed by atoms with E-state index in [9.17, 15) is 0 Å². The summed E-state index contributed by atoms with van der Waals surface area (Å²) in [7, 11) is 0. The molecule has 1 heteroatoms. The van der Waals surface area contributed by atoms with Crippen molar-refractivity contribution < 1.29 is 0 Å². The third-order valence-corrected chi connectivity index (χ3v) is 5.50. The Morgan fingerprint density at radius 2 is 1.93 bits per heavy atom. The van der Waals surface area contributed by atoms with E-state index in [0.717, 1.165) is 23.2 Å². The van der Waals surface area contributed by atoms with Gasteiger partial charge in [-0.25, -0.2) is 0 Å². The minimum atomic E-state index is 0.747. The van der Waals surface area contributed by atoms with Crippen LogP contribution >= 0.6 is 0 Å². The molecule has 0 aromatic carbocycles. The molecule has 3 fully saturated rings. The highest BCUT2D eigenvalue weighted by Gasteiger charge is 2.45. The Morgan fingerprint density at radius 3 is 2.67 bits per heavy atom. The van der Waals surface area contributed by atoms with Gasteiger partial charge in [-0.1, -0.05) is 19.8 Å². The first kappa shape index (κ1) is 10.1. The normalized spacial score (nSPS) is 47.0. The highest BCUT2D eigenvalue weighted by molar-refractivity contribution is 4.97.